The molecule has 0 spiro atoms. The number of nitrogens with one attached hydrogen (secondary N) is 2. The highest BCUT2D eigenvalue weighted by Gasteiger charge is 2.28. The zero-order chi connectivity index (χ0) is 18.7. The van der Waals surface area contributed by atoms with Crippen molar-refractivity contribution in [2.75, 3.05) is 11.3 Å². The molecule has 2 rings (SSSR count). The number of benzene rings is 2. The number of sulfonamides is 1. The highest BCUT2D eigenvalue weighted by Crippen LogP contribution is 2.20. The monoisotopic (exact) mass is 376 g/mol. The Hall–Kier alpha value is -2.62. The van der Waals surface area contributed by atoms with Gasteiger partial charge < -0.3 is 5.32 Å². The third-order valence-corrected chi connectivity index (χ3v) is 4.37. The van der Waals surface area contributed by atoms with Gasteiger partial charge in [-0.25, -0.2) is 12.8 Å². The molecule has 5 nitrogen and oxygen atoms in total. The minimum atomic E-state index is -4.57. The van der Waals surface area contributed by atoms with Gasteiger partial charge in [0.15, 0.2) is 0 Å². The fourth-order valence-electron chi connectivity index (χ4n) is 1.88. The Kier molecular flexibility index (Phi) is 5.31. The van der Waals surface area contributed by atoms with Crippen molar-refractivity contribution in [3.8, 4) is 0 Å². The first-order chi connectivity index (χ1) is 11.6. The van der Waals surface area contributed by atoms with E-state index >= 15 is 0 Å². The molecule has 0 fully saturated rings. The standard InChI is InChI=1S/C15H12F4N2O3S/c16-12-6-1-2-7-13(12)25(23,24)21-11-5-3-4-10(8-11)14(22)20-9-15(17,18)19/h1-8,21H,9H2,(H,20,22). The second kappa shape index (κ2) is 7.09. The summed E-state index contributed by atoms with van der Waals surface area (Å²) >= 11 is 0. The maximum absolute atomic E-state index is 13.6. The van der Waals surface area contributed by atoms with E-state index in [1.807, 2.05) is 0 Å². The van der Waals surface area contributed by atoms with Crippen LogP contribution in [0.15, 0.2) is 53.4 Å². The van der Waals surface area contributed by atoms with E-state index < -0.39 is 39.4 Å². The van der Waals surface area contributed by atoms with E-state index in [9.17, 15) is 30.8 Å². The summed E-state index contributed by atoms with van der Waals surface area (Å²) in [5.74, 6) is -1.99. The van der Waals surface area contributed by atoms with Crippen LogP contribution >= 0.6 is 0 Å². The van der Waals surface area contributed by atoms with Crippen LogP contribution in [0.1, 0.15) is 10.4 Å². The number of hydrogen-bond donors (Lipinski definition) is 2. The second-order valence-electron chi connectivity index (χ2n) is 4.91. The van der Waals surface area contributed by atoms with Crippen LogP contribution in [0.3, 0.4) is 0 Å². The number of anilines is 1. The van der Waals surface area contributed by atoms with Crippen LogP contribution in [0.2, 0.25) is 0 Å². The summed E-state index contributed by atoms with van der Waals surface area (Å²) in [6.45, 7) is -1.52. The van der Waals surface area contributed by atoms with E-state index in [1.165, 1.54) is 30.3 Å². The smallest absolute Gasteiger partial charge is 0.343 e. The van der Waals surface area contributed by atoms with Crippen molar-refractivity contribution in [3.05, 3.63) is 59.9 Å². The summed E-state index contributed by atoms with van der Waals surface area (Å²) in [6.07, 6.45) is -4.57. The Morgan fingerprint density at radius 3 is 2.36 bits per heavy atom. The van der Waals surface area contributed by atoms with Gasteiger partial charge in [0.25, 0.3) is 15.9 Å². The van der Waals surface area contributed by atoms with Crippen LogP contribution in [0.4, 0.5) is 23.2 Å². The van der Waals surface area contributed by atoms with E-state index in [0.29, 0.717) is 0 Å². The fourth-order valence-corrected chi connectivity index (χ4v) is 3.01. The molecule has 2 N–H and O–H groups in total. The van der Waals surface area contributed by atoms with Crippen molar-refractivity contribution in [3.63, 3.8) is 0 Å². The Bertz CT molecular complexity index is 882. The fraction of sp³-hybridized carbons (Fsp3) is 0.133. The summed E-state index contributed by atoms with van der Waals surface area (Å²) in [4.78, 5) is 11.1. The number of carbonyl (C=O) groups is 1. The number of amides is 1. The zero-order valence-electron chi connectivity index (χ0n) is 12.5. The summed E-state index contributed by atoms with van der Waals surface area (Å²) in [5.41, 5.74) is -0.277. The summed E-state index contributed by atoms with van der Waals surface area (Å²) < 4.78 is 76.4. The molecule has 0 radical (unpaired) electrons. The van der Waals surface area contributed by atoms with Crippen LogP contribution in [0, 0.1) is 5.82 Å². The molecule has 1 amide bonds. The first kappa shape index (κ1) is 18.7. The van der Waals surface area contributed by atoms with E-state index in [0.717, 1.165) is 18.2 Å². The zero-order valence-corrected chi connectivity index (χ0v) is 13.3. The summed E-state index contributed by atoms with van der Waals surface area (Å²) in [5, 5.41) is 1.67. The molecular weight excluding hydrogens is 364 g/mol. The topological polar surface area (TPSA) is 75.3 Å². The van der Waals surface area contributed by atoms with Gasteiger partial charge in [-0.2, -0.15) is 13.2 Å². The molecule has 0 heterocycles. The molecule has 0 unspecified atom stereocenters. The highest BCUT2D eigenvalue weighted by molar-refractivity contribution is 7.92. The minimum Gasteiger partial charge on any atom is -0.343 e. The quantitative estimate of drug-likeness (QED) is 0.788. The summed E-state index contributed by atoms with van der Waals surface area (Å²) in [6, 6.07) is 9.49. The maximum atomic E-state index is 13.6. The van der Waals surface area contributed by atoms with Crippen LogP contribution in [0.25, 0.3) is 0 Å². The SMILES string of the molecule is O=C(NCC(F)(F)F)c1cccc(NS(=O)(=O)c2ccccc2F)c1. The van der Waals surface area contributed by atoms with Crippen molar-refractivity contribution in [2.45, 2.75) is 11.1 Å². The van der Waals surface area contributed by atoms with Gasteiger partial charge in [-0.1, -0.05) is 18.2 Å². The Balaban J connectivity index is 2.19. The molecule has 0 bridgehead atoms. The van der Waals surface area contributed by atoms with Crippen molar-refractivity contribution in [1.82, 2.24) is 5.32 Å². The highest BCUT2D eigenvalue weighted by atomic mass is 32.2. The van der Waals surface area contributed by atoms with Gasteiger partial charge in [0.2, 0.25) is 0 Å². The predicted molar refractivity (Wildman–Crippen MR) is 82.0 cm³/mol. The maximum Gasteiger partial charge on any atom is 0.405 e. The van der Waals surface area contributed by atoms with E-state index in [-0.39, 0.29) is 11.3 Å². The number of carbonyl (C=O) groups excluding carboxylic acids is 1. The lowest BCUT2D eigenvalue weighted by Crippen LogP contribution is -2.33. The van der Waals surface area contributed by atoms with Gasteiger partial charge in [0, 0.05) is 11.3 Å². The van der Waals surface area contributed by atoms with E-state index in [4.69, 9.17) is 0 Å². The average molecular weight is 376 g/mol. The molecule has 0 aliphatic heterocycles. The van der Waals surface area contributed by atoms with Crippen molar-refractivity contribution >= 4 is 21.6 Å². The van der Waals surface area contributed by atoms with E-state index in [2.05, 4.69) is 4.72 Å². The number of rotatable bonds is 5. The molecule has 10 heteroatoms. The van der Waals surface area contributed by atoms with Crippen LogP contribution in [0.5, 0.6) is 0 Å². The molecule has 2 aromatic carbocycles. The molecule has 0 saturated heterocycles. The molecular formula is C15H12F4N2O3S. The van der Waals surface area contributed by atoms with Crippen LogP contribution in [-0.4, -0.2) is 27.0 Å². The molecule has 0 atom stereocenters. The molecule has 0 saturated carbocycles. The lowest BCUT2D eigenvalue weighted by atomic mass is 10.2. The predicted octanol–water partition coefficient (Wildman–Crippen LogP) is 2.92. The first-order valence-corrected chi connectivity index (χ1v) is 8.29. The van der Waals surface area contributed by atoms with Gasteiger partial charge in [0.1, 0.15) is 17.3 Å². The van der Waals surface area contributed by atoms with Crippen LogP contribution < -0.4 is 10.0 Å². The number of hydrogen-bond acceptors (Lipinski definition) is 3. The van der Waals surface area contributed by atoms with Gasteiger partial charge in [-0.05, 0) is 30.3 Å². The molecule has 0 aliphatic rings. The second-order valence-corrected chi connectivity index (χ2v) is 6.57. The molecule has 2 aromatic rings. The molecule has 134 valence electrons. The lowest BCUT2D eigenvalue weighted by molar-refractivity contribution is -0.123. The average Bonchev–Trinajstić information content (AvgIpc) is 2.52. The molecule has 0 aliphatic carbocycles. The molecule has 25 heavy (non-hydrogen) atoms. The van der Waals surface area contributed by atoms with Crippen molar-refractivity contribution in [2.24, 2.45) is 0 Å². The first-order valence-electron chi connectivity index (χ1n) is 6.81. The largest absolute Gasteiger partial charge is 0.405 e. The lowest BCUT2D eigenvalue weighted by Gasteiger charge is -2.11. The van der Waals surface area contributed by atoms with E-state index in [1.54, 1.807) is 5.32 Å². The minimum absolute atomic E-state index is 0.0945. The third kappa shape index (κ3) is 5.18. The molecule has 0 aromatic heterocycles. The summed E-state index contributed by atoms with van der Waals surface area (Å²) in [7, 11) is -4.26. The normalized spacial score (nSPS) is 11.8. The Labute approximate surface area is 140 Å². The van der Waals surface area contributed by atoms with Crippen LogP contribution in [-0.2, 0) is 10.0 Å². The third-order valence-electron chi connectivity index (χ3n) is 2.95. The van der Waals surface area contributed by atoms with Gasteiger partial charge in [-0.3, -0.25) is 9.52 Å². The van der Waals surface area contributed by atoms with Gasteiger partial charge >= 0.3 is 6.18 Å². The van der Waals surface area contributed by atoms with Gasteiger partial charge in [0.05, 0.1) is 0 Å². The van der Waals surface area contributed by atoms with Crippen molar-refractivity contribution in [1.29, 1.82) is 0 Å². The van der Waals surface area contributed by atoms with Gasteiger partial charge in [-0.15, -0.1) is 0 Å². The Morgan fingerprint density at radius 2 is 1.72 bits per heavy atom. The number of alkyl halides is 3. The number of halogens is 4. The van der Waals surface area contributed by atoms with Crippen molar-refractivity contribution < 1.29 is 30.8 Å². The Morgan fingerprint density at radius 1 is 1.04 bits per heavy atom.